The van der Waals surface area contributed by atoms with Crippen molar-refractivity contribution in [2.24, 2.45) is 40.4 Å². The van der Waals surface area contributed by atoms with Crippen LogP contribution in [-0.2, 0) is 56.9 Å². The van der Waals surface area contributed by atoms with Crippen LogP contribution in [0, 0.1) is 40.4 Å². The molecular formula is C54H86O18. The molecule has 6 N–H and O–H groups in total. The van der Waals surface area contributed by atoms with Crippen molar-refractivity contribution in [2.75, 3.05) is 6.61 Å². The largest absolute Gasteiger partial charge is 0.458 e. The summed E-state index contributed by atoms with van der Waals surface area (Å²) in [6.07, 6.45) is -2.38. The Kier molecular flexibility index (Phi) is 15.8. The Morgan fingerprint density at radius 3 is 1.81 bits per heavy atom. The Morgan fingerprint density at radius 1 is 0.542 bits per heavy atom. The molecule has 0 aromatic heterocycles. The van der Waals surface area contributed by atoms with Crippen LogP contribution >= 0.6 is 0 Å². The second-order valence-corrected chi connectivity index (χ2v) is 24.5. The summed E-state index contributed by atoms with van der Waals surface area (Å²) in [6, 6.07) is 0. The van der Waals surface area contributed by atoms with E-state index in [2.05, 4.69) is 13.8 Å². The molecule has 9 fully saturated rings. The molecule has 6 aliphatic heterocycles. The summed E-state index contributed by atoms with van der Waals surface area (Å²) in [4.78, 5) is 12.0. The smallest absolute Gasteiger partial charge is 0.331 e. The molecule has 0 radical (unpaired) electrons. The van der Waals surface area contributed by atoms with Gasteiger partial charge in [-0.2, -0.15) is 0 Å². The van der Waals surface area contributed by atoms with Gasteiger partial charge in [-0.3, -0.25) is 0 Å². The number of carbonyl (C=O) groups is 1. The fourth-order valence-electron chi connectivity index (χ4n) is 15.7. The van der Waals surface area contributed by atoms with Gasteiger partial charge in [-0.05, 0) is 127 Å². The van der Waals surface area contributed by atoms with Gasteiger partial charge in [0.2, 0.25) is 0 Å². The summed E-state index contributed by atoms with van der Waals surface area (Å²) >= 11 is 0. The van der Waals surface area contributed by atoms with Gasteiger partial charge in [0.15, 0.2) is 31.5 Å². The molecule has 10 rings (SSSR count). The van der Waals surface area contributed by atoms with Gasteiger partial charge >= 0.3 is 5.97 Å². The standard InChI is InChI=1S/C54H86O18/c1-25-26(2)63-47(23-42(25)69-51-41(59)20-43(28(4)67-51)70-50-40(58)19-37(55)27(3)66-50)72-49-30(6)65-46(22-39(49)57)71-48-29(5)64-45(21-38(48)56)68-33-11-14-52(7)32(18-33)9-10-36-35(52)12-15-53(8)34(13-16-54(36,53)61)31-17-44(60)62-24-31/h17,25-30,32-43,45-51,55-59,61H,9-16,18-24H2,1-8H3/t25?,26?,27?,28?,29?,30?,32-,33+,34-,35+,36-,37+,38?,39?,40+,41+,42?,43-,45?,46?,47?,48?,49?,50?,51?,52+,53-,54+/m1/s1. The van der Waals surface area contributed by atoms with Crippen molar-refractivity contribution >= 4 is 5.97 Å². The molecule has 0 aromatic carbocycles. The number of cyclic esters (lactones) is 1. The summed E-state index contributed by atoms with van der Waals surface area (Å²) in [5.41, 5.74) is 0.152. The van der Waals surface area contributed by atoms with Crippen LogP contribution in [0.2, 0.25) is 0 Å². The highest BCUT2D eigenvalue weighted by molar-refractivity contribution is 5.85. The van der Waals surface area contributed by atoms with Crippen molar-refractivity contribution in [1.82, 2.24) is 0 Å². The zero-order chi connectivity index (χ0) is 51.2. The first-order valence-corrected chi connectivity index (χ1v) is 27.7. The highest BCUT2D eigenvalue weighted by atomic mass is 16.8. The quantitative estimate of drug-likeness (QED) is 0.125. The van der Waals surface area contributed by atoms with Crippen LogP contribution in [0.15, 0.2) is 11.6 Å². The number of esters is 1. The van der Waals surface area contributed by atoms with E-state index in [9.17, 15) is 35.4 Å². The molecule has 0 bridgehead atoms. The van der Waals surface area contributed by atoms with E-state index < -0.39 is 116 Å². The lowest BCUT2D eigenvalue weighted by atomic mass is 9.43. The highest BCUT2D eigenvalue weighted by Crippen LogP contribution is 2.70. The lowest BCUT2D eigenvalue weighted by molar-refractivity contribution is -0.348. The summed E-state index contributed by atoms with van der Waals surface area (Å²) in [5, 5.41) is 67.3. The SMILES string of the molecule is CC1OC(OC2C(O)CC(OC3C(O)CC(O[C@H]4CC[C@@]5(C)[C@H](CC[C@@H]6[C@@H]5CC[C@]5(C)[C@@H](C7=CC(=O)OC7)CC[C@]65O)C4)OC3C)OC2C)CC(OC2OC(C)[C@H](OC3OC(C)[C@@H](O)C[C@@H]3O)C[C@@H]2O)C1C. The molecule has 410 valence electrons. The van der Waals surface area contributed by atoms with Crippen molar-refractivity contribution in [3.63, 3.8) is 0 Å². The molecule has 18 nitrogen and oxygen atoms in total. The van der Waals surface area contributed by atoms with Crippen LogP contribution in [0.3, 0.4) is 0 Å². The predicted molar refractivity (Wildman–Crippen MR) is 254 cm³/mol. The van der Waals surface area contributed by atoms with Crippen LogP contribution in [-0.4, -0.2) is 172 Å². The fraction of sp³-hybridized carbons (Fsp3) is 0.944. The van der Waals surface area contributed by atoms with E-state index in [1.165, 1.54) is 0 Å². The third-order valence-electron chi connectivity index (χ3n) is 20.3. The van der Waals surface area contributed by atoms with Crippen LogP contribution in [0.4, 0.5) is 0 Å². The molecule has 4 saturated carbocycles. The number of carbonyl (C=O) groups excluding carboxylic acids is 1. The van der Waals surface area contributed by atoms with Gasteiger partial charge in [0.05, 0.1) is 72.7 Å². The molecule has 0 spiro atoms. The molecule has 16 unspecified atom stereocenters. The first-order chi connectivity index (χ1) is 34.1. The molecule has 18 heteroatoms. The van der Waals surface area contributed by atoms with Crippen LogP contribution < -0.4 is 0 Å². The molecule has 4 aliphatic carbocycles. The lowest BCUT2D eigenvalue weighted by Crippen LogP contribution is -2.62. The maximum Gasteiger partial charge on any atom is 0.331 e. The molecule has 28 atom stereocenters. The minimum absolute atomic E-state index is 0.000803. The van der Waals surface area contributed by atoms with Crippen LogP contribution in [0.1, 0.15) is 145 Å². The monoisotopic (exact) mass is 1020 g/mol. The number of hydrogen-bond donors (Lipinski definition) is 6. The zero-order valence-corrected chi connectivity index (χ0v) is 43.7. The third kappa shape index (κ3) is 10.2. The number of aliphatic hydroxyl groups excluding tert-OH is 5. The Morgan fingerprint density at radius 2 is 1.15 bits per heavy atom. The van der Waals surface area contributed by atoms with Crippen molar-refractivity contribution in [3.05, 3.63) is 11.6 Å². The first kappa shape index (κ1) is 53.9. The van der Waals surface area contributed by atoms with Gasteiger partial charge in [-0.15, -0.1) is 0 Å². The average Bonchev–Trinajstić information content (AvgIpc) is 3.87. The van der Waals surface area contributed by atoms with Crippen molar-refractivity contribution < 1.29 is 87.5 Å². The average molecular weight is 1020 g/mol. The van der Waals surface area contributed by atoms with Crippen LogP contribution in [0.25, 0.3) is 0 Å². The summed E-state index contributed by atoms with van der Waals surface area (Å²) in [7, 11) is 0. The Labute approximate surface area is 425 Å². The minimum Gasteiger partial charge on any atom is -0.458 e. The maximum atomic E-state index is 12.6. The van der Waals surface area contributed by atoms with E-state index >= 15 is 0 Å². The van der Waals surface area contributed by atoms with Gasteiger partial charge in [-0.25, -0.2) is 4.79 Å². The van der Waals surface area contributed by atoms with Gasteiger partial charge < -0.3 is 82.7 Å². The number of fused-ring (bicyclic) bond motifs is 5. The van der Waals surface area contributed by atoms with E-state index in [-0.39, 0.29) is 72.4 Å². The van der Waals surface area contributed by atoms with Gasteiger partial charge in [0, 0.05) is 49.5 Å². The lowest BCUT2D eigenvalue weighted by Gasteiger charge is -2.64. The molecular weight excluding hydrogens is 937 g/mol. The summed E-state index contributed by atoms with van der Waals surface area (Å²) in [6.45, 7) is 16.2. The van der Waals surface area contributed by atoms with E-state index in [0.717, 1.165) is 63.4 Å². The highest BCUT2D eigenvalue weighted by Gasteiger charge is 2.68. The van der Waals surface area contributed by atoms with Gasteiger partial charge in [0.25, 0.3) is 0 Å². The van der Waals surface area contributed by atoms with E-state index in [1.807, 2.05) is 34.6 Å². The Balaban J connectivity index is 0.673. The van der Waals surface area contributed by atoms with Crippen molar-refractivity contribution in [3.8, 4) is 0 Å². The topological polar surface area (TPSA) is 240 Å². The second-order valence-electron chi connectivity index (χ2n) is 24.5. The first-order valence-electron chi connectivity index (χ1n) is 27.7. The number of rotatable bonds is 11. The van der Waals surface area contributed by atoms with Crippen molar-refractivity contribution in [2.45, 2.75) is 274 Å². The van der Waals surface area contributed by atoms with E-state index in [1.54, 1.807) is 13.0 Å². The third-order valence-corrected chi connectivity index (χ3v) is 20.3. The second kappa shape index (κ2) is 21.1. The fourth-order valence-corrected chi connectivity index (χ4v) is 15.7. The van der Waals surface area contributed by atoms with E-state index in [4.69, 9.17) is 52.1 Å². The predicted octanol–water partition coefficient (Wildman–Crippen LogP) is 4.28. The molecule has 0 amide bonds. The number of hydrogen-bond acceptors (Lipinski definition) is 18. The van der Waals surface area contributed by atoms with E-state index in [0.29, 0.717) is 24.9 Å². The number of ether oxygens (including phenoxy) is 11. The zero-order valence-electron chi connectivity index (χ0n) is 43.7. The molecule has 0 aromatic rings. The molecule has 10 aliphatic rings. The molecule has 5 saturated heterocycles. The Hall–Kier alpha value is -1.43. The molecule has 72 heavy (non-hydrogen) atoms. The number of aliphatic hydroxyl groups is 6. The molecule has 6 heterocycles. The normalized spacial score (nSPS) is 55.1. The van der Waals surface area contributed by atoms with Crippen molar-refractivity contribution in [1.29, 1.82) is 0 Å². The van der Waals surface area contributed by atoms with Gasteiger partial charge in [0.1, 0.15) is 31.0 Å². The van der Waals surface area contributed by atoms with Crippen LogP contribution in [0.5, 0.6) is 0 Å². The summed E-state index contributed by atoms with van der Waals surface area (Å²) in [5.74, 6) is 0.978. The Bertz CT molecular complexity index is 1900. The minimum atomic E-state index is -1.03. The summed E-state index contributed by atoms with van der Waals surface area (Å²) < 4.78 is 68.1. The van der Waals surface area contributed by atoms with Gasteiger partial charge in [-0.1, -0.05) is 20.8 Å². The maximum absolute atomic E-state index is 12.6.